The van der Waals surface area contributed by atoms with Gasteiger partial charge in [-0.3, -0.25) is 10.1 Å². The molecular formula is C14H20N2O5. The van der Waals surface area contributed by atoms with Crippen molar-refractivity contribution in [1.29, 1.82) is 0 Å². The van der Waals surface area contributed by atoms with Gasteiger partial charge in [-0.25, -0.2) is 0 Å². The van der Waals surface area contributed by atoms with Gasteiger partial charge in [-0.05, 0) is 31.2 Å². The zero-order valence-corrected chi connectivity index (χ0v) is 11.7. The van der Waals surface area contributed by atoms with E-state index in [4.69, 9.17) is 5.11 Å². The summed E-state index contributed by atoms with van der Waals surface area (Å²) in [5.74, 6) is -0.893. The Morgan fingerprint density at radius 3 is 2.43 bits per heavy atom. The lowest BCUT2D eigenvalue weighted by Gasteiger charge is -2.26. The lowest BCUT2D eigenvalue weighted by molar-refractivity contribution is -0.137. The molecule has 0 aromatic heterocycles. The maximum atomic E-state index is 11.0. The van der Waals surface area contributed by atoms with E-state index in [9.17, 15) is 19.8 Å². The normalized spacial score (nSPS) is 15.1. The van der Waals surface area contributed by atoms with Crippen LogP contribution < -0.4 is 10.6 Å². The van der Waals surface area contributed by atoms with Gasteiger partial charge < -0.3 is 25.4 Å². The largest absolute Gasteiger partial charge is 0.508 e. The van der Waals surface area contributed by atoms with Gasteiger partial charge in [0.2, 0.25) is 0 Å². The molecule has 2 unspecified atom stereocenters. The Morgan fingerprint density at radius 2 is 1.95 bits per heavy atom. The highest BCUT2D eigenvalue weighted by molar-refractivity contribution is 5.68. The van der Waals surface area contributed by atoms with Crippen LogP contribution >= 0.6 is 0 Å². The standard InChI is InChI=1S/C14H20N2O5/c1-15-14(16-10(8-17)4-7-12(19)20)13(21)9-2-5-11(18)6-3-9/h2-3,5-6,8,10,13-16,18,21H,4,7H2,1H3,(H,19,20)/t10-,13?,14?/m0/s1. The molecule has 1 rings (SSSR count). The molecule has 0 spiro atoms. The Balaban J connectivity index is 2.69. The summed E-state index contributed by atoms with van der Waals surface area (Å²) in [6, 6.07) is 5.36. The minimum absolute atomic E-state index is 0.0899. The Kier molecular flexibility index (Phi) is 6.80. The number of carboxylic acids is 1. The number of likely N-dealkylation sites (N-methyl/N-ethyl adjacent to an activating group) is 1. The molecule has 3 atom stereocenters. The van der Waals surface area contributed by atoms with E-state index in [1.807, 2.05) is 0 Å². The van der Waals surface area contributed by atoms with Gasteiger partial charge in [0.1, 0.15) is 18.1 Å². The highest BCUT2D eigenvalue weighted by Gasteiger charge is 2.22. The van der Waals surface area contributed by atoms with Crippen molar-refractivity contribution in [2.24, 2.45) is 0 Å². The van der Waals surface area contributed by atoms with Crippen molar-refractivity contribution in [2.75, 3.05) is 7.05 Å². The summed E-state index contributed by atoms with van der Waals surface area (Å²) in [5, 5.41) is 33.8. The maximum Gasteiger partial charge on any atom is 0.303 e. The maximum absolute atomic E-state index is 11.0. The molecule has 0 radical (unpaired) electrons. The average Bonchev–Trinajstić information content (AvgIpc) is 2.47. The third-order valence-corrected chi connectivity index (χ3v) is 3.09. The Morgan fingerprint density at radius 1 is 1.33 bits per heavy atom. The number of carbonyl (C=O) groups excluding carboxylic acids is 1. The highest BCUT2D eigenvalue weighted by atomic mass is 16.4. The number of phenols is 1. The number of aliphatic hydroxyl groups is 1. The zero-order valence-electron chi connectivity index (χ0n) is 11.7. The summed E-state index contributed by atoms with van der Waals surface area (Å²) >= 11 is 0. The summed E-state index contributed by atoms with van der Waals surface area (Å²) in [6.45, 7) is 0. The first-order valence-electron chi connectivity index (χ1n) is 6.55. The van der Waals surface area contributed by atoms with Crippen molar-refractivity contribution in [1.82, 2.24) is 10.6 Å². The van der Waals surface area contributed by atoms with Crippen molar-refractivity contribution in [3.63, 3.8) is 0 Å². The number of carboxylic acid groups (broad SMARTS) is 1. The van der Waals surface area contributed by atoms with E-state index in [-0.39, 0.29) is 18.6 Å². The molecule has 0 saturated carbocycles. The number of aldehydes is 1. The highest BCUT2D eigenvalue weighted by Crippen LogP contribution is 2.19. The van der Waals surface area contributed by atoms with Gasteiger partial charge in [-0.1, -0.05) is 12.1 Å². The first kappa shape index (κ1) is 17.1. The molecule has 7 nitrogen and oxygen atoms in total. The molecule has 1 aromatic rings. The minimum Gasteiger partial charge on any atom is -0.508 e. The van der Waals surface area contributed by atoms with Crippen molar-refractivity contribution in [3.05, 3.63) is 29.8 Å². The second-order valence-electron chi connectivity index (χ2n) is 4.64. The molecule has 1 aromatic carbocycles. The van der Waals surface area contributed by atoms with Gasteiger partial charge in [-0.15, -0.1) is 0 Å². The fraction of sp³-hybridized carbons (Fsp3) is 0.429. The molecule has 0 heterocycles. The van der Waals surface area contributed by atoms with E-state index in [1.54, 1.807) is 19.2 Å². The summed E-state index contributed by atoms with van der Waals surface area (Å²) < 4.78 is 0. The summed E-state index contributed by atoms with van der Waals surface area (Å²) in [4.78, 5) is 21.5. The molecular weight excluding hydrogens is 276 g/mol. The van der Waals surface area contributed by atoms with E-state index < -0.39 is 24.3 Å². The number of aromatic hydroxyl groups is 1. The smallest absolute Gasteiger partial charge is 0.303 e. The van der Waals surface area contributed by atoms with Crippen molar-refractivity contribution in [3.8, 4) is 5.75 Å². The number of benzene rings is 1. The summed E-state index contributed by atoms with van der Waals surface area (Å²) in [7, 11) is 1.61. The average molecular weight is 296 g/mol. The minimum atomic E-state index is -0.983. The number of aliphatic hydroxyl groups excluding tert-OH is 1. The number of aliphatic carboxylic acids is 1. The van der Waals surface area contributed by atoms with E-state index in [1.165, 1.54) is 12.1 Å². The SMILES string of the molecule is CNC(N[C@H](C=O)CCC(=O)O)C(O)c1ccc(O)cc1. The Bertz CT molecular complexity index is 463. The molecule has 21 heavy (non-hydrogen) atoms. The number of hydrogen-bond donors (Lipinski definition) is 5. The lowest BCUT2D eigenvalue weighted by atomic mass is 10.1. The van der Waals surface area contributed by atoms with Crippen LogP contribution in [0, 0.1) is 0 Å². The van der Waals surface area contributed by atoms with Crippen LogP contribution in [-0.4, -0.2) is 46.8 Å². The number of hydrogen-bond acceptors (Lipinski definition) is 6. The summed E-state index contributed by atoms with van der Waals surface area (Å²) in [5.41, 5.74) is 0.558. The lowest BCUT2D eigenvalue weighted by Crippen LogP contribution is -2.50. The van der Waals surface area contributed by atoms with Gasteiger partial charge in [0, 0.05) is 6.42 Å². The predicted octanol–water partition coefficient (Wildman–Crippen LogP) is -0.00700. The van der Waals surface area contributed by atoms with Gasteiger partial charge in [0.15, 0.2) is 0 Å². The van der Waals surface area contributed by atoms with Crippen LogP contribution in [0.2, 0.25) is 0 Å². The first-order chi connectivity index (χ1) is 9.97. The summed E-state index contributed by atoms with van der Waals surface area (Å²) in [6.07, 6.45) is -0.959. The van der Waals surface area contributed by atoms with Crippen LogP contribution in [0.25, 0.3) is 0 Å². The second-order valence-corrected chi connectivity index (χ2v) is 4.64. The van der Waals surface area contributed by atoms with Crippen LogP contribution in [0.5, 0.6) is 5.75 Å². The number of nitrogens with one attached hydrogen (secondary N) is 2. The van der Waals surface area contributed by atoms with Crippen molar-refractivity contribution in [2.45, 2.75) is 31.2 Å². The molecule has 0 fully saturated rings. The van der Waals surface area contributed by atoms with E-state index in [0.29, 0.717) is 11.8 Å². The van der Waals surface area contributed by atoms with Crippen LogP contribution in [0.15, 0.2) is 24.3 Å². The molecule has 0 saturated heterocycles. The predicted molar refractivity (Wildman–Crippen MR) is 75.8 cm³/mol. The van der Waals surface area contributed by atoms with Crippen LogP contribution in [-0.2, 0) is 9.59 Å². The van der Waals surface area contributed by atoms with Gasteiger partial charge >= 0.3 is 5.97 Å². The third-order valence-electron chi connectivity index (χ3n) is 3.09. The molecule has 7 heteroatoms. The van der Waals surface area contributed by atoms with Gasteiger partial charge in [-0.2, -0.15) is 0 Å². The van der Waals surface area contributed by atoms with Crippen molar-refractivity contribution >= 4 is 12.3 Å². The Labute approximate surface area is 122 Å². The molecule has 0 aliphatic rings. The topological polar surface area (TPSA) is 119 Å². The molecule has 116 valence electrons. The number of rotatable bonds is 9. The van der Waals surface area contributed by atoms with E-state index in [2.05, 4.69) is 10.6 Å². The first-order valence-corrected chi connectivity index (χ1v) is 6.55. The zero-order chi connectivity index (χ0) is 15.8. The second kappa shape index (κ2) is 8.35. The monoisotopic (exact) mass is 296 g/mol. The molecule has 0 aliphatic carbocycles. The van der Waals surface area contributed by atoms with Crippen LogP contribution in [0.3, 0.4) is 0 Å². The number of carbonyl (C=O) groups is 2. The third kappa shape index (κ3) is 5.50. The van der Waals surface area contributed by atoms with Crippen LogP contribution in [0.1, 0.15) is 24.5 Å². The molecule has 5 N–H and O–H groups in total. The molecule has 0 bridgehead atoms. The van der Waals surface area contributed by atoms with Gasteiger partial charge in [0.05, 0.1) is 12.2 Å². The quantitative estimate of drug-likeness (QED) is 0.321. The molecule has 0 amide bonds. The van der Waals surface area contributed by atoms with Crippen molar-refractivity contribution < 1.29 is 24.9 Å². The molecule has 0 aliphatic heterocycles. The number of phenolic OH excluding ortho intramolecular Hbond substituents is 1. The van der Waals surface area contributed by atoms with Gasteiger partial charge in [0.25, 0.3) is 0 Å². The van der Waals surface area contributed by atoms with E-state index in [0.717, 1.165) is 0 Å². The van der Waals surface area contributed by atoms with E-state index >= 15 is 0 Å². The fourth-order valence-corrected chi connectivity index (χ4v) is 1.90. The fourth-order valence-electron chi connectivity index (χ4n) is 1.90. The van der Waals surface area contributed by atoms with Crippen LogP contribution in [0.4, 0.5) is 0 Å². The Hall–Kier alpha value is -1.96.